The number of carboxylic acid groups (broad SMARTS) is 1. The lowest BCUT2D eigenvalue weighted by atomic mass is 10.1. The average molecular weight is 322 g/mol. The van der Waals surface area contributed by atoms with Gasteiger partial charge in [0.1, 0.15) is 5.76 Å². The number of anilines is 2. The smallest absolute Gasteiger partial charge is 0.371 e. The van der Waals surface area contributed by atoms with Gasteiger partial charge in [-0.3, -0.25) is 4.79 Å². The van der Waals surface area contributed by atoms with E-state index in [1.165, 1.54) is 6.07 Å². The molecule has 1 heterocycles. The largest absolute Gasteiger partial charge is 0.475 e. The van der Waals surface area contributed by atoms with Crippen LogP contribution in [0.3, 0.4) is 0 Å². The Hall–Kier alpha value is -3.54. The molecule has 0 spiro atoms. The molecule has 1 aromatic heterocycles. The Bertz CT molecular complexity index is 880. The maximum absolute atomic E-state index is 12.1. The lowest BCUT2D eigenvalue weighted by Gasteiger charge is -2.06. The molecule has 0 aliphatic heterocycles. The van der Waals surface area contributed by atoms with E-state index in [9.17, 15) is 9.59 Å². The number of amides is 1. The highest BCUT2D eigenvalue weighted by Gasteiger charge is 2.11. The van der Waals surface area contributed by atoms with E-state index >= 15 is 0 Å². The van der Waals surface area contributed by atoms with Crippen molar-refractivity contribution < 1.29 is 19.1 Å². The van der Waals surface area contributed by atoms with Crippen LogP contribution in [0.4, 0.5) is 11.4 Å². The number of furan rings is 1. The van der Waals surface area contributed by atoms with Crippen LogP contribution >= 0.6 is 0 Å². The van der Waals surface area contributed by atoms with Crippen molar-refractivity contribution >= 4 is 23.3 Å². The molecule has 0 aliphatic rings. The molecule has 6 nitrogen and oxygen atoms in total. The van der Waals surface area contributed by atoms with Crippen LogP contribution in [0.1, 0.15) is 20.9 Å². The van der Waals surface area contributed by atoms with Gasteiger partial charge in [-0.15, -0.1) is 0 Å². The van der Waals surface area contributed by atoms with Gasteiger partial charge in [-0.05, 0) is 60.7 Å². The van der Waals surface area contributed by atoms with Crippen molar-refractivity contribution in [3.8, 4) is 11.3 Å². The highest BCUT2D eigenvalue weighted by Crippen LogP contribution is 2.24. The molecule has 0 atom stereocenters. The van der Waals surface area contributed by atoms with Gasteiger partial charge < -0.3 is 20.6 Å². The fourth-order valence-corrected chi connectivity index (χ4v) is 2.16. The highest BCUT2D eigenvalue weighted by atomic mass is 16.4. The minimum absolute atomic E-state index is 0.120. The number of benzene rings is 2. The SMILES string of the molecule is Nc1ccc(C(=O)Nc2ccc(-c3ccc(C(=O)O)o3)cc2)cc1. The van der Waals surface area contributed by atoms with E-state index in [0.717, 1.165) is 0 Å². The molecule has 0 radical (unpaired) electrons. The monoisotopic (exact) mass is 322 g/mol. The van der Waals surface area contributed by atoms with Gasteiger partial charge in [-0.1, -0.05) is 0 Å². The summed E-state index contributed by atoms with van der Waals surface area (Å²) in [5.41, 5.74) is 8.02. The average Bonchev–Trinajstić information content (AvgIpc) is 3.06. The minimum atomic E-state index is -1.12. The number of nitrogens with one attached hydrogen (secondary N) is 1. The van der Waals surface area contributed by atoms with Crippen molar-refractivity contribution in [1.29, 1.82) is 0 Å². The first-order valence-electron chi connectivity index (χ1n) is 7.13. The molecule has 0 unspecified atom stereocenters. The number of carbonyl (C=O) groups is 2. The molecular formula is C18H14N2O4. The van der Waals surface area contributed by atoms with Crippen LogP contribution in [-0.4, -0.2) is 17.0 Å². The van der Waals surface area contributed by atoms with E-state index < -0.39 is 5.97 Å². The predicted molar refractivity (Wildman–Crippen MR) is 89.9 cm³/mol. The number of hydrogen-bond acceptors (Lipinski definition) is 4. The summed E-state index contributed by atoms with van der Waals surface area (Å²) in [6.45, 7) is 0. The summed E-state index contributed by atoms with van der Waals surface area (Å²) in [6.07, 6.45) is 0. The summed E-state index contributed by atoms with van der Waals surface area (Å²) in [5.74, 6) is -1.03. The number of nitrogen functional groups attached to an aromatic ring is 1. The molecule has 0 saturated carbocycles. The van der Waals surface area contributed by atoms with E-state index in [2.05, 4.69) is 5.32 Å². The van der Waals surface area contributed by atoms with Crippen molar-refractivity contribution in [2.45, 2.75) is 0 Å². The quantitative estimate of drug-likeness (QED) is 0.638. The van der Waals surface area contributed by atoms with Crippen molar-refractivity contribution in [2.75, 3.05) is 11.1 Å². The first-order valence-corrected chi connectivity index (χ1v) is 7.13. The van der Waals surface area contributed by atoms with Gasteiger partial charge >= 0.3 is 5.97 Å². The molecular weight excluding hydrogens is 308 g/mol. The van der Waals surface area contributed by atoms with Gasteiger partial charge in [-0.2, -0.15) is 0 Å². The number of carbonyl (C=O) groups excluding carboxylic acids is 1. The lowest BCUT2D eigenvalue weighted by molar-refractivity contribution is 0.0663. The summed E-state index contributed by atoms with van der Waals surface area (Å²) in [6, 6.07) is 16.5. The van der Waals surface area contributed by atoms with E-state index in [1.54, 1.807) is 54.6 Å². The maximum Gasteiger partial charge on any atom is 0.371 e. The van der Waals surface area contributed by atoms with Crippen molar-refractivity contribution in [1.82, 2.24) is 0 Å². The fraction of sp³-hybridized carbons (Fsp3) is 0. The molecule has 24 heavy (non-hydrogen) atoms. The van der Waals surface area contributed by atoms with Crippen LogP contribution < -0.4 is 11.1 Å². The van der Waals surface area contributed by atoms with Crippen LogP contribution in [0.5, 0.6) is 0 Å². The third-order valence-electron chi connectivity index (χ3n) is 3.42. The Balaban J connectivity index is 1.73. The minimum Gasteiger partial charge on any atom is -0.475 e. The van der Waals surface area contributed by atoms with Gasteiger partial charge in [0.15, 0.2) is 0 Å². The normalized spacial score (nSPS) is 10.3. The lowest BCUT2D eigenvalue weighted by Crippen LogP contribution is -2.11. The number of hydrogen-bond donors (Lipinski definition) is 3. The van der Waals surface area contributed by atoms with Crippen LogP contribution in [0.15, 0.2) is 65.1 Å². The summed E-state index contributed by atoms with van der Waals surface area (Å²) in [4.78, 5) is 23.0. The molecule has 0 aliphatic carbocycles. The van der Waals surface area contributed by atoms with Crippen LogP contribution in [-0.2, 0) is 0 Å². The van der Waals surface area contributed by atoms with E-state index in [1.807, 2.05) is 0 Å². The zero-order valence-corrected chi connectivity index (χ0v) is 12.5. The van der Waals surface area contributed by atoms with E-state index in [0.29, 0.717) is 28.3 Å². The first-order chi connectivity index (χ1) is 11.5. The first kappa shape index (κ1) is 15.4. The second kappa shape index (κ2) is 6.29. The molecule has 1 amide bonds. The van der Waals surface area contributed by atoms with Crippen molar-refractivity contribution in [3.63, 3.8) is 0 Å². The molecule has 0 saturated heterocycles. The Labute approximate surface area is 137 Å². The van der Waals surface area contributed by atoms with Crippen LogP contribution in [0.25, 0.3) is 11.3 Å². The predicted octanol–water partition coefficient (Wildman–Crippen LogP) is 3.48. The van der Waals surface area contributed by atoms with Gasteiger partial charge in [0.05, 0.1) is 0 Å². The van der Waals surface area contributed by atoms with Gasteiger partial charge in [0.2, 0.25) is 5.76 Å². The van der Waals surface area contributed by atoms with Crippen molar-refractivity contribution in [3.05, 3.63) is 72.0 Å². The maximum atomic E-state index is 12.1. The summed E-state index contributed by atoms with van der Waals surface area (Å²) in [5, 5.41) is 11.6. The number of nitrogens with two attached hydrogens (primary N) is 1. The Morgan fingerprint density at radius 3 is 2.17 bits per heavy atom. The second-order valence-electron chi connectivity index (χ2n) is 5.12. The Kier molecular flexibility index (Phi) is 4.03. The molecule has 6 heteroatoms. The van der Waals surface area contributed by atoms with E-state index in [4.69, 9.17) is 15.3 Å². The van der Waals surface area contributed by atoms with Crippen LogP contribution in [0, 0.1) is 0 Å². The third kappa shape index (κ3) is 3.27. The molecule has 120 valence electrons. The van der Waals surface area contributed by atoms with Gasteiger partial charge in [0, 0.05) is 22.5 Å². The fourth-order valence-electron chi connectivity index (χ4n) is 2.16. The standard InChI is InChI=1S/C18H14N2O4/c19-13-5-1-12(2-6-13)17(21)20-14-7-3-11(4-8-14)15-9-10-16(24-15)18(22)23/h1-10H,19H2,(H,20,21)(H,22,23). The van der Waals surface area contributed by atoms with Gasteiger partial charge in [-0.25, -0.2) is 4.79 Å². The zero-order valence-electron chi connectivity index (χ0n) is 12.5. The number of aromatic carboxylic acids is 1. The summed E-state index contributed by atoms with van der Waals surface area (Å²) < 4.78 is 5.23. The third-order valence-corrected chi connectivity index (χ3v) is 3.42. The highest BCUT2D eigenvalue weighted by molar-refractivity contribution is 6.04. The van der Waals surface area contributed by atoms with Gasteiger partial charge in [0.25, 0.3) is 5.91 Å². The molecule has 3 aromatic rings. The molecule has 0 fully saturated rings. The second-order valence-corrected chi connectivity index (χ2v) is 5.12. The van der Waals surface area contributed by atoms with Crippen molar-refractivity contribution in [2.24, 2.45) is 0 Å². The number of carboxylic acids is 1. The summed E-state index contributed by atoms with van der Waals surface area (Å²) >= 11 is 0. The molecule has 4 N–H and O–H groups in total. The van der Waals surface area contributed by atoms with E-state index in [-0.39, 0.29) is 11.7 Å². The Morgan fingerprint density at radius 1 is 0.917 bits per heavy atom. The molecule has 0 bridgehead atoms. The topological polar surface area (TPSA) is 106 Å². The Morgan fingerprint density at radius 2 is 1.58 bits per heavy atom. The van der Waals surface area contributed by atoms with Crippen LogP contribution in [0.2, 0.25) is 0 Å². The summed E-state index contributed by atoms with van der Waals surface area (Å²) in [7, 11) is 0. The zero-order chi connectivity index (χ0) is 17.1. The number of rotatable bonds is 4. The molecule has 2 aromatic carbocycles. The molecule has 3 rings (SSSR count).